The Bertz CT molecular complexity index is 821. The van der Waals surface area contributed by atoms with Gasteiger partial charge in [0.15, 0.2) is 11.5 Å². The van der Waals surface area contributed by atoms with Crippen molar-refractivity contribution in [2.45, 2.75) is 39.6 Å². The number of fused-ring (bicyclic) bond motifs is 1. The minimum Gasteiger partial charge on any atom is -0.444 e. The number of carbonyl (C=O) groups excluding carboxylic acids is 1. The molecule has 24 heavy (non-hydrogen) atoms. The average Bonchev–Trinajstić information content (AvgIpc) is 2.93. The molecule has 0 amide bonds. The molecule has 2 heterocycles. The van der Waals surface area contributed by atoms with E-state index in [1.807, 2.05) is 13.8 Å². The molecule has 132 valence electrons. The maximum Gasteiger partial charge on any atom is 0.308 e. The molecule has 9 heteroatoms. The molecule has 8 nitrogen and oxygen atoms in total. The van der Waals surface area contributed by atoms with Crippen molar-refractivity contribution in [2.75, 3.05) is 13.2 Å². The zero-order chi connectivity index (χ0) is 17.7. The van der Waals surface area contributed by atoms with E-state index < -0.39 is 5.97 Å². The van der Waals surface area contributed by atoms with E-state index in [4.69, 9.17) is 27.4 Å². The van der Waals surface area contributed by atoms with Gasteiger partial charge in [-0.2, -0.15) is 0 Å². The Balaban J connectivity index is 2.28. The fourth-order valence-corrected chi connectivity index (χ4v) is 2.58. The highest BCUT2D eigenvalue weighted by Gasteiger charge is 2.12. The van der Waals surface area contributed by atoms with Gasteiger partial charge in [-0.3, -0.25) is 14.6 Å². The van der Waals surface area contributed by atoms with E-state index in [9.17, 15) is 9.59 Å². The molecule has 2 aromatic heterocycles. The van der Waals surface area contributed by atoms with Gasteiger partial charge in [0.2, 0.25) is 0 Å². The summed E-state index contributed by atoms with van der Waals surface area (Å²) in [5.74, 6) is -0.408. The summed E-state index contributed by atoms with van der Waals surface area (Å²) in [5.41, 5.74) is 6.05. The number of nitrogens with one attached hydrogen (secondary N) is 1. The Labute approximate surface area is 144 Å². The van der Waals surface area contributed by atoms with Crippen molar-refractivity contribution >= 4 is 29.2 Å². The van der Waals surface area contributed by atoms with Gasteiger partial charge < -0.3 is 24.3 Å². The molecule has 0 fully saturated rings. The van der Waals surface area contributed by atoms with E-state index in [0.717, 1.165) is 0 Å². The third-order valence-electron chi connectivity index (χ3n) is 3.39. The Kier molecular flexibility index (Phi) is 6.29. The van der Waals surface area contributed by atoms with E-state index in [-0.39, 0.29) is 31.4 Å². The highest BCUT2D eigenvalue weighted by Crippen LogP contribution is 2.13. The van der Waals surface area contributed by atoms with Crippen LogP contribution in [0.4, 0.5) is 0 Å². The maximum atomic E-state index is 12.2. The van der Waals surface area contributed by atoms with Gasteiger partial charge in [-0.25, -0.2) is 0 Å². The van der Waals surface area contributed by atoms with Crippen LogP contribution < -0.4 is 11.3 Å². The first-order valence-corrected chi connectivity index (χ1v) is 8.14. The normalized spacial score (nSPS) is 11.3. The number of nitrogens with zero attached hydrogens (tertiary/aromatic N) is 2. The number of carbonyl (C=O) groups is 1. The summed E-state index contributed by atoms with van der Waals surface area (Å²) in [6.45, 7) is 5.07. The third-order valence-corrected chi connectivity index (χ3v) is 3.72. The second-order valence-electron chi connectivity index (χ2n) is 5.53. The number of hydrogen-bond donors (Lipinski definition) is 2. The first kappa shape index (κ1) is 18.4. The Morgan fingerprint density at radius 1 is 1.46 bits per heavy atom. The summed E-state index contributed by atoms with van der Waals surface area (Å²) >= 11 is 5.24. The van der Waals surface area contributed by atoms with Crippen LogP contribution in [0.25, 0.3) is 11.0 Å². The van der Waals surface area contributed by atoms with E-state index >= 15 is 0 Å². The molecule has 0 saturated carbocycles. The van der Waals surface area contributed by atoms with Crippen molar-refractivity contribution in [3.63, 3.8) is 0 Å². The molecule has 0 unspecified atom stereocenters. The standard InChI is InChI=1S/C15H22N4O4S/c1-10(2)22-8-7-19-11-4-6-18(9-23-12(20)3-5-16)13(11)14(21)17-15(19)24/h4,6,10H,3,5,7-9,16H2,1-2H3,(H,17,21,24). The van der Waals surface area contributed by atoms with Gasteiger partial charge in [0.1, 0.15) is 5.52 Å². The van der Waals surface area contributed by atoms with Crippen LogP contribution in [0.1, 0.15) is 20.3 Å². The zero-order valence-corrected chi connectivity index (χ0v) is 14.6. The van der Waals surface area contributed by atoms with Gasteiger partial charge in [0, 0.05) is 19.3 Å². The van der Waals surface area contributed by atoms with Crippen molar-refractivity contribution in [1.29, 1.82) is 0 Å². The van der Waals surface area contributed by atoms with Crippen molar-refractivity contribution in [1.82, 2.24) is 14.1 Å². The summed E-state index contributed by atoms with van der Waals surface area (Å²) in [6, 6.07) is 1.77. The van der Waals surface area contributed by atoms with Crippen LogP contribution in [0.3, 0.4) is 0 Å². The Morgan fingerprint density at radius 2 is 2.21 bits per heavy atom. The Hall–Kier alpha value is -1.97. The summed E-state index contributed by atoms with van der Waals surface area (Å²) in [5, 5.41) is 0. The quantitative estimate of drug-likeness (QED) is 0.544. The lowest BCUT2D eigenvalue weighted by Crippen LogP contribution is -2.20. The lowest BCUT2D eigenvalue weighted by molar-refractivity contribution is -0.147. The van der Waals surface area contributed by atoms with Crippen LogP contribution in [-0.4, -0.2) is 39.3 Å². The predicted molar refractivity (Wildman–Crippen MR) is 92.2 cm³/mol. The van der Waals surface area contributed by atoms with Crippen LogP contribution in [0.15, 0.2) is 17.1 Å². The van der Waals surface area contributed by atoms with E-state index in [0.29, 0.717) is 29.0 Å². The summed E-state index contributed by atoms with van der Waals surface area (Å²) in [4.78, 5) is 26.3. The molecule has 0 atom stereocenters. The van der Waals surface area contributed by atoms with Gasteiger partial charge in [0.05, 0.1) is 24.6 Å². The molecule has 3 N–H and O–H groups in total. The number of ether oxygens (including phenoxy) is 2. The number of nitrogens with two attached hydrogens (primary N) is 1. The Morgan fingerprint density at radius 3 is 2.88 bits per heavy atom. The van der Waals surface area contributed by atoms with Gasteiger partial charge in [-0.15, -0.1) is 0 Å². The SMILES string of the molecule is CC(C)OCCn1c(=S)[nH]c(=O)c2c1ccn2COC(=O)CCN. The van der Waals surface area contributed by atoms with Gasteiger partial charge in [0.25, 0.3) is 5.56 Å². The molecular weight excluding hydrogens is 332 g/mol. The topological polar surface area (TPSA) is 104 Å². The fourth-order valence-electron chi connectivity index (χ4n) is 2.30. The van der Waals surface area contributed by atoms with Crippen LogP contribution in [0, 0.1) is 4.77 Å². The number of H-pyrrole nitrogens is 1. The highest BCUT2D eigenvalue weighted by atomic mass is 32.1. The summed E-state index contributed by atoms with van der Waals surface area (Å²) < 4.78 is 14.3. The minimum absolute atomic E-state index is 0.0509. The molecule has 2 rings (SSSR count). The van der Waals surface area contributed by atoms with Gasteiger partial charge in [-0.1, -0.05) is 0 Å². The number of rotatable bonds is 8. The molecule has 0 bridgehead atoms. The second-order valence-corrected chi connectivity index (χ2v) is 5.92. The lowest BCUT2D eigenvalue weighted by atomic mass is 10.4. The monoisotopic (exact) mass is 354 g/mol. The number of hydrogen-bond acceptors (Lipinski definition) is 6. The molecular formula is C15H22N4O4S. The van der Waals surface area contributed by atoms with Crippen molar-refractivity contribution < 1.29 is 14.3 Å². The molecule has 0 radical (unpaired) electrons. The molecule has 0 aromatic carbocycles. The molecule has 0 aliphatic carbocycles. The lowest BCUT2D eigenvalue weighted by Gasteiger charge is -2.12. The smallest absolute Gasteiger partial charge is 0.308 e. The maximum absolute atomic E-state index is 12.2. The summed E-state index contributed by atoms with van der Waals surface area (Å²) in [6.07, 6.45) is 1.94. The molecule has 0 saturated heterocycles. The van der Waals surface area contributed by atoms with Crippen molar-refractivity contribution in [3.05, 3.63) is 27.4 Å². The van der Waals surface area contributed by atoms with Crippen LogP contribution in [0.2, 0.25) is 0 Å². The third kappa shape index (κ3) is 4.31. The molecule has 2 aromatic rings. The van der Waals surface area contributed by atoms with E-state index in [2.05, 4.69) is 4.98 Å². The largest absolute Gasteiger partial charge is 0.444 e. The number of aromatic nitrogens is 3. The fraction of sp³-hybridized carbons (Fsp3) is 0.533. The first-order valence-electron chi connectivity index (χ1n) is 7.73. The van der Waals surface area contributed by atoms with Crippen LogP contribution in [-0.2, 0) is 27.5 Å². The molecule has 0 aliphatic heterocycles. The van der Waals surface area contributed by atoms with Crippen LogP contribution >= 0.6 is 12.2 Å². The molecule has 0 spiro atoms. The zero-order valence-electron chi connectivity index (χ0n) is 13.8. The highest BCUT2D eigenvalue weighted by molar-refractivity contribution is 7.71. The first-order chi connectivity index (χ1) is 11.4. The van der Waals surface area contributed by atoms with E-state index in [1.54, 1.807) is 21.4 Å². The van der Waals surface area contributed by atoms with E-state index in [1.165, 1.54) is 0 Å². The van der Waals surface area contributed by atoms with Crippen molar-refractivity contribution in [2.24, 2.45) is 5.73 Å². The summed E-state index contributed by atoms with van der Waals surface area (Å²) in [7, 11) is 0. The minimum atomic E-state index is -0.408. The predicted octanol–water partition coefficient (Wildman–Crippen LogP) is 1.14. The van der Waals surface area contributed by atoms with Gasteiger partial charge >= 0.3 is 5.97 Å². The molecule has 0 aliphatic rings. The number of esters is 1. The average molecular weight is 354 g/mol. The van der Waals surface area contributed by atoms with Crippen molar-refractivity contribution in [3.8, 4) is 0 Å². The second kappa shape index (κ2) is 8.22. The van der Waals surface area contributed by atoms with Gasteiger partial charge in [-0.05, 0) is 32.1 Å². The van der Waals surface area contributed by atoms with Crippen LogP contribution in [0.5, 0.6) is 0 Å². The number of aromatic amines is 1.